The second-order valence-corrected chi connectivity index (χ2v) is 6.00. The highest BCUT2D eigenvalue weighted by Gasteiger charge is 2.30. The molecule has 3 aromatic heterocycles. The maximum Gasteiger partial charge on any atom is 0.259 e. The van der Waals surface area contributed by atoms with E-state index in [1.807, 2.05) is 19.9 Å². The second-order valence-electron chi connectivity index (χ2n) is 6.00. The van der Waals surface area contributed by atoms with Gasteiger partial charge in [0.1, 0.15) is 17.5 Å². The van der Waals surface area contributed by atoms with Crippen LogP contribution in [0.1, 0.15) is 40.7 Å². The number of aromatic amines is 1. The topological polar surface area (TPSA) is 101 Å². The van der Waals surface area contributed by atoms with Crippen LogP contribution in [-0.4, -0.2) is 60.3 Å². The van der Waals surface area contributed by atoms with E-state index < -0.39 is 0 Å². The van der Waals surface area contributed by atoms with E-state index in [2.05, 4.69) is 25.3 Å². The fraction of sp³-hybridized carbons (Fsp3) is 0.438. The van der Waals surface area contributed by atoms with Crippen LogP contribution in [0.4, 0.5) is 0 Å². The summed E-state index contributed by atoms with van der Waals surface area (Å²) in [5.41, 5.74) is 1.91. The molecule has 25 heavy (non-hydrogen) atoms. The molecule has 3 aromatic rings. The highest BCUT2D eigenvalue weighted by Crippen LogP contribution is 2.21. The molecule has 0 bridgehead atoms. The first kappa shape index (κ1) is 15.7. The van der Waals surface area contributed by atoms with E-state index in [0.29, 0.717) is 36.7 Å². The zero-order valence-electron chi connectivity index (χ0n) is 14.1. The smallest absolute Gasteiger partial charge is 0.259 e. The molecule has 1 aliphatic heterocycles. The van der Waals surface area contributed by atoms with Crippen molar-refractivity contribution in [1.82, 2.24) is 34.7 Å². The number of morpholine rings is 1. The summed E-state index contributed by atoms with van der Waals surface area (Å²) in [6.45, 7) is 5.26. The van der Waals surface area contributed by atoms with Crippen molar-refractivity contribution in [2.45, 2.75) is 26.4 Å². The van der Waals surface area contributed by atoms with Crippen LogP contribution in [0.15, 0.2) is 18.5 Å². The van der Waals surface area contributed by atoms with Crippen molar-refractivity contribution in [2.75, 3.05) is 19.7 Å². The molecule has 1 atom stereocenters. The summed E-state index contributed by atoms with van der Waals surface area (Å²) >= 11 is 0. The number of carbonyl (C=O) groups excluding carboxylic acids is 1. The number of carbonyl (C=O) groups is 1. The Morgan fingerprint density at radius 3 is 3.12 bits per heavy atom. The molecule has 1 saturated heterocycles. The number of ether oxygens (including phenoxy) is 1. The van der Waals surface area contributed by atoms with Gasteiger partial charge < -0.3 is 9.64 Å². The minimum absolute atomic E-state index is 0.104. The number of nitrogens with one attached hydrogen (secondary N) is 1. The fourth-order valence-electron chi connectivity index (χ4n) is 2.88. The lowest BCUT2D eigenvalue weighted by molar-refractivity contribution is -0.0266. The van der Waals surface area contributed by atoms with Gasteiger partial charge in [-0.1, -0.05) is 6.92 Å². The molecule has 0 aliphatic carbocycles. The SMILES string of the molecule is CCc1nc([C@H]2CN(C(=O)c3cnn4ccc(C)nc34)CCO2)n[nH]1. The summed E-state index contributed by atoms with van der Waals surface area (Å²) in [7, 11) is 0. The summed E-state index contributed by atoms with van der Waals surface area (Å²) in [4.78, 5) is 23.5. The number of hydrogen-bond acceptors (Lipinski definition) is 6. The lowest BCUT2D eigenvalue weighted by Gasteiger charge is -2.31. The zero-order chi connectivity index (χ0) is 17.4. The van der Waals surface area contributed by atoms with Gasteiger partial charge in [-0.05, 0) is 13.0 Å². The van der Waals surface area contributed by atoms with Crippen molar-refractivity contribution >= 4 is 11.6 Å². The third-order valence-corrected chi connectivity index (χ3v) is 4.26. The molecule has 130 valence electrons. The Morgan fingerprint density at radius 1 is 1.44 bits per heavy atom. The number of aryl methyl sites for hydroxylation is 2. The van der Waals surface area contributed by atoms with Gasteiger partial charge in [-0.25, -0.2) is 14.5 Å². The first-order valence-corrected chi connectivity index (χ1v) is 8.28. The summed E-state index contributed by atoms with van der Waals surface area (Å²) in [5.74, 6) is 1.29. The summed E-state index contributed by atoms with van der Waals surface area (Å²) < 4.78 is 7.36. The van der Waals surface area contributed by atoms with Gasteiger partial charge in [-0.15, -0.1) is 0 Å². The molecule has 1 fully saturated rings. The number of rotatable bonds is 3. The van der Waals surface area contributed by atoms with Gasteiger partial charge in [-0.3, -0.25) is 9.89 Å². The maximum atomic E-state index is 13.0. The van der Waals surface area contributed by atoms with Gasteiger partial charge in [-0.2, -0.15) is 10.2 Å². The number of nitrogens with zero attached hydrogens (tertiary/aromatic N) is 6. The van der Waals surface area contributed by atoms with Crippen LogP contribution in [0.2, 0.25) is 0 Å². The molecule has 9 heteroatoms. The van der Waals surface area contributed by atoms with Gasteiger partial charge in [0, 0.05) is 24.9 Å². The molecule has 0 unspecified atom stereocenters. The lowest BCUT2D eigenvalue weighted by atomic mass is 10.2. The Hall–Kier alpha value is -2.81. The van der Waals surface area contributed by atoms with Gasteiger partial charge in [0.25, 0.3) is 5.91 Å². The normalized spacial score (nSPS) is 18.0. The van der Waals surface area contributed by atoms with Gasteiger partial charge >= 0.3 is 0 Å². The van der Waals surface area contributed by atoms with Crippen LogP contribution in [0.3, 0.4) is 0 Å². The second kappa shape index (κ2) is 6.25. The Kier molecular flexibility index (Phi) is 3.92. The average Bonchev–Trinajstić information content (AvgIpc) is 3.28. The minimum atomic E-state index is -0.328. The van der Waals surface area contributed by atoms with E-state index in [0.717, 1.165) is 17.9 Å². The van der Waals surface area contributed by atoms with E-state index >= 15 is 0 Å². The molecule has 4 heterocycles. The molecule has 1 amide bonds. The zero-order valence-corrected chi connectivity index (χ0v) is 14.1. The average molecular weight is 341 g/mol. The van der Waals surface area contributed by atoms with Gasteiger partial charge in [0.05, 0.1) is 19.3 Å². The Balaban J connectivity index is 1.57. The number of aromatic nitrogens is 6. The van der Waals surface area contributed by atoms with Crippen molar-refractivity contribution in [1.29, 1.82) is 0 Å². The predicted octanol–water partition coefficient (Wildman–Crippen LogP) is 0.932. The van der Waals surface area contributed by atoms with E-state index in [4.69, 9.17) is 4.74 Å². The first-order valence-electron chi connectivity index (χ1n) is 8.28. The Morgan fingerprint density at radius 2 is 2.32 bits per heavy atom. The third kappa shape index (κ3) is 2.86. The molecule has 1 N–H and O–H groups in total. The molecule has 0 radical (unpaired) electrons. The summed E-state index contributed by atoms with van der Waals surface area (Å²) in [6.07, 6.45) is 3.81. The highest BCUT2D eigenvalue weighted by molar-refractivity contribution is 5.99. The van der Waals surface area contributed by atoms with Gasteiger partial charge in [0.2, 0.25) is 0 Å². The van der Waals surface area contributed by atoms with E-state index in [-0.39, 0.29) is 12.0 Å². The van der Waals surface area contributed by atoms with Gasteiger partial charge in [0.15, 0.2) is 11.5 Å². The largest absolute Gasteiger partial charge is 0.366 e. The number of H-pyrrole nitrogens is 1. The molecule has 4 rings (SSSR count). The number of amides is 1. The Labute approximate surface area is 144 Å². The van der Waals surface area contributed by atoms with Crippen LogP contribution in [0.25, 0.3) is 5.65 Å². The molecular formula is C16H19N7O2. The van der Waals surface area contributed by atoms with Crippen LogP contribution >= 0.6 is 0 Å². The number of hydrogen-bond donors (Lipinski definition) is 1. The summed E-state index contributed by atoms with van der Waals surface area (Å²) in [6, 6.07) is 1.85. The van der Waals surface area contributed by atoms with Crippen molar-refractivity contribution < 1.29 is 9.53 Å². The van der Waals surface area contributed by atoms with Crippen LogP contribution in [0, 0.1) is 6.92 Å². The van der Waals surface area contributed by atoms with Crippen molar-refractivity contribution in [2.24, 2.45) is 0 Å². The maximum absolute atomic E-state index is 13.0. The van der Waals surface area contributed by atoms with Crippen LogP contribution < -0.4 is 0 Å². The predicted molar refractivity (Wildman–Crippen MR) is 88.1 cm³/mol. The monoisotopic (exact) mass is 341 g/mol. The first-order chi connectivity index (χ1) is 12.2. The molecule has 1 aliphatic rings. The third-order valence-electron chi connectivity index (χ3n) is 4.26. The van der Waals surface area contributed by atoms with E-state index in [9.17, 15) is 4.79 Å². The van der Waals surface area contributed by atoms with Crippen molar-refractivity contribution in [3.8, 4) is 0 Å². The molecule has 9 nitrogen and oxygen atoms in total. The summed E-state index contributed by atoms with van der Waals surface area (Å²) in [5, 5.41) is 11.3. The molecular weight excluding hydrogens is 322 g/mol. The Bertz CT molecular complexity index is 916. The van der Waals surface area contributed by atoms with Crippen LogP contribution in [0.5, 0.6) is 0 Å². The minimum Gasteiger partial charge on any atom is -0.366 e. The van der Waals surface area contributed by atoms with Crippen molar-refractivity contribution in [3.05, 3.63) is 41.4 Å². The molecule has 0 spiro atoms. The highest BCUT2D eigenvalue weighted by atomic mass is 16.5. The fourth-order valence-corrected chi connectivity index (χ4v) is 2.88. The van der Waals surface area contributed by atoms with Crippen molar-refractivity contribution in [3.63, 3.8) is 0 Å². The lowest BCUT2D eigenvalue weighted by Crippen LogP contribution is -2.42. The quantitative estimate of drug-likeness (QED) is 0.760. The van der Waals surface area contributed by atoms with Crippen LogP contribution in [-0.2, 0) is 11.2 Å². The number of fused-ring (bicyclic) bond motifs is 1. The van der Waals surface area contributed by atoms with E-state index in [1.54, 1.807) is 21.8 Å². The standard InChI is InChI=1S/C16H19N7O2/c1-3-13-19-14(21-20-13)12-9-22(6-7-25-12)16(24)11-8-17-23-5-4-10(2)18-15(11)23/h4-5,8,12H,3,6-7,9H2,1-2H3,(H,19,20,21)/t12-/m1/s1. The molecule has 0 saturated carbocycles. The molecule has 0 aromatic carbocycles. The van der Waals surface area contributed by atoms with E-state index in [1.165, 1.54) is 0 Å².